The van der Waals surface area contributed by atoms with Crippen LogP contribution in [0.3, 0.4) is 0 Å². The molecular weight excluding hydrogens is 283 g/mol. The molecule has 0 heterocycles. The lowest BCUT2D eigenvalue weighted by atomic mass is 10.1. The van der Waals surface area contributed by atoms with E-state index in [4.69, 9.17) is 5.26 Å². The Labute approximate surface area is 119 Å². The van der Waals surface area contributed by atoms with E-state index in [9.17, 15) is 18.0 Å². The molecule has 0 radical (unpaired) electrons. The van der Waals surface area contributed by atoms with Gasteiger partial charge in [-0.3, -0.25) is 4.79 Å². The Morgan fingerprint density at radius 1 is 1.33 bits per heavy atom. The van der Waals surface area contributed by atoms with Gasteiger partial charge in [0.15, 0.2) is 0 Å². The normalized spacial score (nSPS) is 14.4. The van der Waals surface area contributed by atoms with Gasteiger partial charge in [-0.05, 0) is 31.0 Å². The smallest absolute Gasteiger partial charge is 0.383 e. The van der Waals surface area contributed by atoms with Crippen LogP contribution in [0.25, 0.3) is 0 Å². The van der Waals surface area contributed by atoms with Crippen LogP contribution >= 0.6 is 0 Å². The summed E-state index contributed by atoms with van der Waals surface area (Å²) < 4.78 is 37.9. The van der Waals surface area contributed by atoms with Crippen LogP contribution in [0.4, 0.5) is 18.9 Å². The van der Waals surface area contributed by atoms with Gasteiger partial charge in [0.1, 0.15) is 0 Å². The number of anilines is 1. The highest BCUT2D eigenvalue weighted by Crippen LogP contribution is 2.33. The Bertz CT molecular complexity index is 574. The maximum atomic E-state index is 12.6. The van der Waals surface area contributed by atoms with E-state index in [1.807, 2.05) is 0 Å². The molecule has 1 fully saturated rings. The van der Waals surface area contributed by atoms with Gasteiger partial charge in [0.05, 0.1) is 17.2 Å². The van der Waals surface area contributed by atoms with Gasteiger partial charge in [-0.15, -0.1) is 0 Å². The highest BCUT2D eigenvalue weighted by Gasteiger charge is 2.33. The zero-order chi connectivity index (χ0) is 15.5. The van der Waals surface area contributed by atoms with Gasteiger partial charge in [0.2, 0.25) is 5.91 Å². The molecule has 1 aromatic carbocycles. The zero-order valence-corrected chi connectivity index (χ0v) is 11.1. The van der Waals surface area contributed by atoms with E-state index in [0.29, 0.717) is 18.8 Å². The number of carbonyl (C=O) groups is 1. The molecule has 0 unspecified atom stereocenters. The monoisotopic (exact) mass is 297 g/mol. The number of hydrogen-bond donors (Lipinski definition) is 2. The fourth-order valence-electron chi connectivity index (χ4n) is 1.88. The molecule has 21 heavy (non-hydrogen) atoms. The van der Waals surface area contributed by atoms with Gasteiger partial charge in [0.25, 0.3) is 0 Å². The lowest BCUT2D eigenvalue weighted by Gasteiger charge is -2.12. The molecule has 112 valence electrons. The van der Waals surface area contributed by atoms with Crippen molar-refractivity contribution >= 4 is 11.6 Å². The van der Waals surface area contributed by atoms with E-state index in [1.54, 1.807) is 6.07 Å². The first-order chi connectivity index (χ1) is 9.91. The molecule has 0 atom stereocenters. The second kappa shape index (κ2) is 6.04. The van der Waals surface area contributed by atoms with Crippen LogP contribution in [-0.4, -0.2) is 19.0 Å². The Morgan fingerprint density at radius 3 is 2.62 bits per heavy atom. The van der Waals surface area contributed by atoms with Crippen LogP contribution in [0.1, 0.15) is 24.0 Å². The van der Waals surface area contributed by atoms with E-state index in [1.165, 1.54) is 6.07 Å². The zero-order valence-electron chi connectivity index (χ0n) is 11.1. The molecule has 0 aliphatic heterocycles. The predicted molar refractivity (Wildman–Crippen MR) is 70.4 cm³/mol. The second-order valence-corrected chi connectivity index (χ2v) is 4.86. The fraction of sp³-hybridized carbons (Fsp3) is 0.429. The molecule has 0 bridgehead atoms. The second-order valence-electron chi connectivity index (χ2n) is 4.86. The van der Waals surface area contributed by atoms with E-state index in [0.717, 1.165) is 25.0 Å². The minimum atomic E-state index is -4.54. The van der Waals surface area contributed by atoms with Gasteiger partial charge in [-0.25, -0.2) is 0 Å². The Hall–Kier alpha value is -2.23. The van der Waals surface area contributed by atoms with Gasteiger partial charge < -0.3 is 10.6 Å². The van der Waals surface area contributed by atoms with E-state index >= 15 is 0 Å². The Morgan fingerprint density at radius 2 is 2.05 bits per heavy atom. The van der Waals surface area contributed by atoms with Gasteiger partial charge >= 0.3 is 6.18 Å². The fourth-order valence-corrected chi connectivity index (χ4v) is 1.88. The van der Waals surface area contributed by atoms with E-state index < -0.39 is 17.3 Å². The molecule has 1 saturated carbocycles. The number of alkyl halides is 3. The minimum Gasteiger partial charge on any atom is -0.383 e. The number of hydrogen-bond acceptors (Lipinski definition) is 3. The third-order valence-corrected chi connectivity index (χ3v) is 3.15. The third-order valence-electron chi connectivity index (χ3n) is 3.15. The van der Waals surface area contributed by atoms with Gasteiger partial charge in [0, 0.05) is 24.7 Å². The van der Waals surface area contributed by atoms with Crippen molar-refractivity contribution in [1.29, 1.82) is 5.26 Å². The Kier molecular flexibility index (Phi) is 4.36. The SMILES string of the molecule is N#Cc1cc(NCCNC(=O)C2CC2)ccc1C(F)(F)F. The number of amides is 1. The summed E-state index contributed by atoms with van der Waals surface area (Å²) in [6.45, 7) is 0.771. The van der Waals surface area contributed by atoms with Crippen molar-refractivity contribution < 1.29 is 18.0 Å². The summed E-state index contributed by atoms with van der Waals surface area (Å²) in [5, 5.41) is 14.4. The maximum absolute atomic E-state index is 12.6. The number of nitrogens with one attached hydrogen (secondary N) is 2. The van der Waals surface area contributed by atoms with Crippen molar-refractivity contribution in [3.05, 3.63) is 29.3 Å². The molecule has 1 aromatic rings. The molecule has 0 saturated heterocycles. The minimum absolute atomic E-state index is 0.0157. The average Bonchev–Trinajstić information content (AvgIpc) is 3.26. The summed E-state index contributed by atoms with van der Waals surface area (Å²) in [6, 6.07) is 4.85. The maximum Gasteiger partial charge on any atom is 0.417 e. The molecule has 2 rings (SSSR count). The van der Waals surface area contributed by atoms with Crippen molar-refractivity contribution in [2.24, 2.45) is 5.92 Å². The lowest BCUT2D eigenvalue weighted by molar-refractivity contribution is -0.137. The van der Waals surface area contributed by atoms with Crippen molar-refractivity contribution in [2.75, 3.05) is 18.4 Å². The van der Waals surface area contributed by atoms with Crippen LogP contribution in [0.15, 0.2) is 18.2 Å². The Balaban J connectivity index is 1.89. The molecule has 0 spiro atoms. The summed E-state index contributed by atoms with van der Waals surface area (Å²) in [5.41, 5.74) is -0.952. The topological polar surface area (TPSA) is 64.9 Å². The molecule has 1 amide bonds. The quantitative estimate of drug-likeness (QED) is 0.821. The highest BCUT2D eigenvalue weighted by molar-refractivity contribution is 5.80. The first-order valence-electron chi connectivity index (χ1n) is 6.54. The first-order valence-corrected chi connectivity index (χ1v) is 6.54. The molecule has 0 aromatic heterocycles. The lowest BCUT2D eigenvalue weighted by Crippen LogP contribution is -2.29. The average molecular weight is 297 g/mol. The molecule has 4 nitrogen and oxygen atoms in total. The molecule has 7 heteroatoms. The summed E-state index contributed by atoms with van der Waals surface area (Å²) >= 11 is 0. The molecule has 2 N–H and O–H groups in total. The predicted octanol–water partition coefficient (Wildman–Crippen LogP) is 2.52. The van der Waals surface area contributed by atoms with Crippen LogP contribution < -0.4 is 10.6 Å². The number of nitrogens with zero attached hydrogens (tertiary/aromatic N) is 1. The number of rotatable bonds is 5. The third kappa shape index (κ3) is 4.12. The summed E-state index contributed by atoms with van der Waals surface area (Å²) in [4.78, 5) is 11.4. The van der Waals surface area contributed by atoms with E-state index in [-0.39, 0.29) is 11.8 Å². The standard InChI is InChI=1S/C14H14F3N3O/c15-14(16,17)12-4-3-11(7-10(12)8-18)19-5-6-20-13(21)9-1-2-9/h3-4,7,9,19H,1-2,5-6H2,(H,20,21). The number of benzene rings is 1. The van der Waals surface area contributed by atoms with Crippen LogP contribution in [-0.2, 0) is 11.0 Å². The summed E-state index contributed by atoms with van der Waals surface area (Å²) in [5.74, 6) is 0.142. The first kappa shape index (κ1) is 15.2. The summed E-state index contributed by atoms with van der Waals surface area (Å²) in [6.07, 6.45) is -2.70. The van der Waals surface area contributed by atoms with Crippen molar-refractivity contribution in [3.63, 3.8) is 0 Å². The van der Waals surface area contributed by atoms with Crippen LogP contribution in [0, 0.1) is 17.2 Å². The van der Waals surface area contributed by atoms with Crippen LogP contribution in [0.5, 0.6) is 0 Å². The number of nitriles is 1. The van der Waals surface area contributed by atoms with E-state index in [2.05, 4.69) is 10.6 Å². The molecule has 1 aliphatic carbocycles. The van der Waals surface area contributed by atoms with Crippen molar-refractivity contribution in [3.8, 4) is 6.07 Å². The number of halogens is 3. The summed E-state index contributed by atoms with van der Waals surface area (Å²) in [7, 11) is 0. The van der Waals surface area contributed by atoms with Crippen molar-refractivity contribution in [2.45, 2.75) is 19.0 Å². The number of carbonyl (C=O) groups excluding carboxylic acids is 1. The highest BCUT2D eigenvalue weighted by atomic mass is 19.4. The molecule has 1 aliphatic rings. The molecular formula is C14H14F3N3O. The van der Waals surface area contributed by atoms with Crippen LogP contribution in [0.2, 0.25) is 0 Å². The van der Waals surface area contributed by atoms with Gasteiger partial charge in [-0.1, -0.05) is 0 Å². The largest absolute Gasteiger partial charge is 0.417 e. The van der Waals surface area contributed by atoms with Gasteiger partial charge in [-0.2, -0.15) is 18.4 Å². The van der Waals surface area contributed by atoms with Crippen molar-refractivity contribution in [1.82, 2.24) is 5.32 Å².